The standard InChI is InChI=1S/C10H18ClNO2S/c1-6(2)7(8(11)15)12-9(13)14-10(3,4)5/h6-7H,1-5H3,(H,12,13)/t7-/m0/s1. The molecule has 1 amide bonds. The van der Waals surface area contributed by atoms with Crippen LogP contribution in [0.4, 0.5) is 4.79 Å². The van der Waals surface area contributed by atoms with Crippen LogP contribution in [-0.4, -0.2) is 22.1 Å². The number of halogens is 1. The molecule has 15 heavy (non-hydrogen) atoms. The van der Waals surface area contributed by atoms with Crippen LogP contribution in [0.3, 0.4) is 0 Å². The summed E-state index contributed by atoms with van der Waals surface area (Å²) in [5.41, 5.74) is -0.514. The molecule has 0 unspecified atom stereocenters. The number of rotatable bonds is 3. The molecule has 0 aromatic carbocycles. The van der Waals surface area contributed by atoms with Crippen molar-refractivity contribution in [3.05, 3.63) is 0 Å². The Morgan fingerprint density at radius 3 is 2.13 bits per heavy atom. The highest BCUT2D eigenvalue weighted by molar-refractivity contribution is 7.83. The molecule has 3 nitrogen and oxygen atoms in total. The Kier molecular flexibility index (Phi) is 5.53. The number of amides is 1. The van der Waals surface area contributed by atoms with E-state index < -0.39 is 11.7 Å². The number of ether oxygens (including phenoxy) is 1. The molecule has 0 fully saturated rings. The van der Waals surface area contributed by atoms with Crippen LogP contribution in [0.1, 0.15) is 34.6 Å². The van der Waals surface area contributed by atoms with E-state index in [9.17, 15) is 4.79 Å². The third kappa shape index (κ3) is 6.68. The summed E-state index contributed by atoms with van der Waals surface area (Å²) in [6.07, 6.45) is -0.496. The summed E-state index contributed by atoms with van der Waals surface area (Å²) in [5.74, 6) is 0.141. The quantitative estimate of drug-likeness (QED) is 0.619. The number of hydrogen-bond acceptors (Lipinski definition) is 3. The molecule has 0 aliphatic rings. The maximum absolute atomic E-state index is 11.4. The van der Waals surface area contributed by atoms with Crippen molar-refractivity contribution in [2.75, 3.05) is 0 Å². The van der Waals surface area contributed by atoms with Gasteiger partial charge in [0.15, 0.2) is 0 Å². The smallest absolute Gasteiger partial charge is 0.408 e. The van der Waals surface area contributed by atoms with Gasteiger partial charge < -0.3 is 10.1 Å². The lowest BCUT2D eigenvalue weighted by atomic mass is 10.1. The lowest BCUT2D eigenvalue weighted by Crippen LogP contribution is -2.44. The third-order valence-electron chi connectivity index (χ3n) is 1.58. The zero-order chi connectivity index (χ0) is 12.2. The predicted molar refractivity (Wildman–Crippen MR) is 66.4 cm³/mol. The molecule has 1 N–H and O–H groups in total. The summed E-state index contributed by atoms with van der Waals surface area (Å²) >= 11 is 10.6. The minimum Gasteiger partial charge on any atom is -0.444 e. The average molecular weight is 252 g/mol. The number of hydrogen-bond donors (Lipinski definition) is 1. The SMILES string of the molecule is CC(C)[C@H](NC(=O)OC(C)(C)C)C(=S)Cl. The molecule has 5 heteroatoms. The second kappa shape index (κ2) is 5.66. The van der Waals surface area contributed by atoms with Crippen LogP contribution in [-0.2, 0) is 4.74 Å². The molecule has 1 atom stereocenters. The summed E-state index contributed by atoms with van der Waals surface area (Å²) in [4.78, 5) is 11.4. The van der Waals surface area contributed by atoms with Crippen molar-refractivity contribution < 1.29 is 9.53 Å². The lowest BCUT2D eigenvalue weighted by Gasteiger charge is -2.24. The number of thiocarbonyl (C=S) groups is 1. The van der Waals surface area contributed by atoms with Crippen molar-refractivity contribution in [3.63, 3.8) is 0 Å². The van der Waals surface area contributed by atoms with Crippen LogP contribution in [0, 0.1) is 5.92 Å². The summed E-state index contributed by atoms with van der Waals surface area (Å²) in [6.45, 7) is 9.26. The first-order valence-electron chi connectivity index (χ1n) is 4.82. The molecule has 0 saturated carbocycles. The van der Waals surface area contributed by atoms with Crippen LogP contribution < -0.4 is 5.32 Å². The van der Waals surface area contributed by atoms with Crippen LogP contribution in [0.5, 0.6) is 0 Å². The van der Waals surface area contributed by atoms with Gasteiger partial charge in [-0.1, -0.05) is 37.7 Å². The van der Waals surface area contributed by atoms with E-state index in [2.05, 4.69) is 5.32 Å². The Balaban J connectivity index is 4.31. The van der Waals surface area contributed by atoms with Crippen LogP contribution >= 0.6 is 23.8 Å². The fraction of sp³-hybridized carbons (Fsp3) is 0.800. The second-order valence-electron chi connectivity index (χ2n) is 4.67. The van der Waals surface area contributed by atoms with E-state index in [0.717, 1.165) is 0 Å². The highest BCUT2D eigenvalue weighted by atomic mass is 35.5. The molecular formula is C10H18ClNO2S. The van der Waals surface area contributed by atoms with Crippen molar-refractivity contribution in [1.82, 2.24) is 5.32 Å². The first-order chi connectivity index (χ1) is 6.63. The maximum Gasteiger partial charge on any atom is 0.408 e. The van der Waals surface area contributed by atoms with Crippen LogP contribution in [0.15, 0.2) is 0 Å². The molecule has 0 aromatic heterocycles. The maximum atomic E-state index is 11.4. The fourth-order valence-electron chi connectivity index (χ4n) is 0.920. The minimum absolute atomic E-state index is 0.141. The van der Waals surface area contributed by atoms with E-state index in [4.69, 9.17) is 28.6 Å². The second-order valence-corrected chi connectivity index (χ2v) is 5.74. The molecule has 0 aromatic rings. The summed E-state index contributed by atoms with van der Waals surface area (Å²) in [7, 11) is 0. The van der Waals surface area contributed by atoms with Gasteiger partial charge in [-0.2, -0.15) is 0 Å². The predicted octanol–water partition coefficient (Wildman–Crippen LogP) is 3.10. The van der Waals surface area contributed by atoms with Gasteiger partial charge in [0.05, 0.1) is 6.04 Å². The molecule has 0 spiro atoms. The Morgan fingerprint density at radius 1 is 1.40 bits per heavy atom. The van der Waals surface area contributed by atoms with Gasteiger partial charge in [-0.15, -0.1) is 0 Å². The molecule has 0 aliphatic carbocycles. The fourth-order valence-corrected chi connectivity index (χ4v) is 1.56. The Hall–Kier alpha value is -0.350. The number of nitrogens with one attached hydrogen (secondary N) is 1. The highest BCUT2D eigenvalue weighted by Crippen LogP contribution is 2.10. The van der Waals surface area contributed by atoms with Gasteiger partial charge in [-0.3, -0.25) is 0 Å². The summed E-state index contributed by atoms with van der Waals surface area (Å²) in [5, 5.41) is 2.64. The lowest BCUT2D eigenvalue weighted by molar-refractivity contribution is 0.0510. The van der Waals surface area contributed by atoms with E-state index in [1.165, 1.54) is 0 Å². The number of carbonyl (C=O) groups is 1. The zero-order valence-electron chi connectivity index (χ0n) is 9.76. The van der Waals surface area contributed by atoms with Crippen molar-refractivity contribution >= 4 is 34.2 Å². The van der Waals surface area contributed by atoms with Gasteiger partial charge in [-0.05, 0) is 26.7 Å². The first-order valence-corrected chi connectivity index (χ1v) is 5.61. The van der Waals surface area contributed by atoms with Gasteiger partial charge in [0.25, 0.3) is 0 Å². The molecule has 0 aliphatic heterocycles. The Labute approximate surface area is 102 Å². The van der Waals surface area contributed by atoms with Gasteiger partial charge >= 0.3 is 6.09 Å². The largest absolute Gasteiger partial charge is 0.444 e. The number of carbonyl (C=O) groups excluding carboxylic acids is 1. The average Bonchev–Trinajstić information content (AvgIpc) is 1.95. The van der Waals surface area contributed by atoms with E-state index in [-0.39, 0.29) is 16.3 Å². The van der Waals surface area contributed by atoms with E-state index >= 15 is 0 Å². The van der Waals surface area contributed by atoms with E-state index in [1.54, 1.807) is 20.8 Å². The Bertz CT molecular complexity index is 248. The van der Waals surface area contributed by atoms with Gasteiger partial charge in [0.2, 0.25) is 0 Å². The molecular weight excluding hydrogens is 234 g/mol. The molecule has 0 radical (unpaired) electrons. The van der Waals surface area contributed by atoms with Crippen molar-refractivity contribution in [2.24, 2.45) is 5.92 Å². The Morgan fingerprint density at radius 2 is 1.87 bits per heavy atom. The first kappa shape index (κ1) is 14.6. The molecule has 0 bridgehead atoms. The van der Waals surface area contributed by atoms with Gasteiger partial charge in [-0.25, -0.2) is 4.79 Å². The monoisotopic (exact) mass is 251 g/mol. The van der Waals surface area contributed by atoms with Crippen molar-refractivity contribution in [2.45, 2.75) is 46.3 Å². The van der Waals surface area contributed by atoms with E-state index in [1.807, 2.05) is 13.8 Å². The summed E-state index contributed by atoms with van der Waals surface area (Å²) in [6, 6.07) is -0.337. The van der Waals surface area contributed by atoms with Gasteiger partial charge in [0, 0.05) is 0 Å². The minimum atomic E-state index is -0.514. The van der Waals surface area contributed by atoms with Gasteiger partial charge in [0.1, 0.15) is 9.92 Å². The van der Waals surface area contributed by atoms with Crippen molar-refractivity contribution in [3.8, 4) is 0 Å². The molecule has 0 heterocycles. The molecule has 0 rings (SSSR count). The summed E-state index contributed by atoms with van der Waals surface area (Å²) < 4.78 is 5.35. The molecule has 0 saturated heterocycles. The van der Waals surface area contributed by atoms with E-state index in [0.29, 0.717) is 0 Å². The van der Waals surface area contributed by atoms with Crippen molar-refractivity contribution in [1.29, 1.82) is 0 Å². The zero-order valence-corrected chi connectivity index (χ0v) is 11.3. The van der Waals surface area contributed by atoms with Crippen LogP contribution in [0.2, 0.25) is 0 Å². The van der Waals surface area contributed by atoms with Crippen LogP contribution in [0.25, 0.3) is 0 Å². The third-order valence-corrected chi connectivity index (χ3v) is 2.07. The molecule has 88 valence electrons. The highest BCUT2D eigenvalue weighted by Gasteiger charge is 2.23. The number of alkyl carbamates (subject to hydrolysis) is 1. The normalized spacial score (nSPS) is 13.5. The topological polar surface area (TPSA) is 38.3 Å².